The predicted molar refractivity (Wildman–Crippen MR) is 66.5 cm³/mol. The number of ketones is 1. The van der Waals surface area contributed by atoms with Crippen LogP contribution in [0.2, 0.25) is 0 Å². The van der Waals surface area contributed by atoms with Crippen LogP contribution in [0.3, 0.4) is 0 Å². The summed E-state index contributed by atoms with van der Waals surface area (Å²) in [6.07, 6.45) is 8.18. The van der Waals surface area contributed by atoms with Gasteiger partial charge in [0.25, 0.3) is 0 Å². The minimum absolute atomic E-state index is 0.291. The van der Waals surface area contributed by atoms with Gasteiger partial charge in [-0.3, -0.25) is 0 Å². The fourth-order valence-electron chi connectivity index (χ4n) is 2.27. The Morgan fingerprint density at radius 3 is 2.44 bits per heavy atom. The van der Waals surface area contributed by atoms with E-state index in [0.29, 0.717) is 23.7 Å². The van der Waals surface area contributed by atoms with E-state index in [2.05, 4.69) is 13.8 Å². The van der Waals surface area contributed by atoms with Gasteiger partial charge in [-0.15, -0.1) is 0 Å². The van der Waals surface area contributed by atoms with Crippen molar-refractivity contribution in [2.24, 2.45) is 5.41 Å². The Morgan fingerprint density at radius 1 is 1.25 bits per heavy atom. The maximum Gasteiger partial charge on any atom is 0.129 e. The number of unbranched alkanes of at least 4 members (excludes halogenated alkanes) is 1. The van der Waals surface area contributed by atoms with E-state index >= 15 is 0 Å². The highest BCUT2D eigenvalue weighted by Crippen LogP contribution is 2.36. The molecule has 2 nitrogen and oxygen atoms in total. The summed E-state index contributed by atoms with van der Waals surface area (Å²) in [5.74, 6) is 0.291. The number of carbonyl (C=O) groups is 1. The fraction of sp³-hybridized carbons (Fsp3) is 0.929. The lowest BCUT2D eigenvalue weighted by atomic mass is 9.76. The van der Waals surface area contributed by atoms with Crippen molar-refractivity contribution in [3.63, 3.8) is 0 Å². The van der Waals surface area contributed by atoms with E-state index in [4.69, 9.17) is 4.74 Å². The van der Waals surface area contributed by atoms with E-state index in [0.717, 1.165) is 19.4 Å². The third-order valence-corrected chi connectivity index (χ3v) is 3.56. The van der Waals surface area contributed by atoms with Crippen LogP contribution in [0.5, 0.6) is 0 Å². The molecule has 2 heteroatoms. The van der Waals surface area contributed by atoms with Gasteiger partial charge in [0.2, 0.25) is 0 Å². The van der Waals surface area contributed by atoms with E-state index in [1.807, 2.05) is 0 Å². The van der Waals surface area contributed by atoms with Crippen molar-refractivity contribution in [2.45, 2.75) is 71.8 Å². The van der Waals surface area contributed by atoms with E-state index in [1.165, 1.54) is 25.7 Å². The molecule has 0 heterocycles. The minimum Gasteiger partial charge on any atom is -0.378 e. The molecule has 0 aromatic carbocycles. The Kier molecular flexibility index (Phi) is 5.47. The molecule has 0 radical (unpaired) electrons. The lowest BCUT2D eigenvalue weighted by Gasteiger charge is -2.34. The van der Waals surface area contributed by atoms with Crippen LogP contribution in [0.25, 0.3) is 0 Å². The second-order valence-corrected chi connectivity index (χ2v) is 5.89. The molecule has 94 valence electrons. The standard InChI is InChI=1S/C14H26O2/c1-12(15)6-4-5-11-16-13-7-9-14(2,3)10-8-13/h13H,4-11H2,1-3H3. The van der Waals surface area contributed by atoms with Crippen molar-refractivity contribution < 1.29 is 9.53 Å². The molecule has 1 rings (SSSR count). The average Bonchev–Trinajstić information content (AvgIpc) is 2.19. The van der Waals surface area contributed by atoms with Gasteiger partial charge in [0.05, 0.1) is 6.10 Å². The molecular formula is C14H26O2. The molecule has 0 spiro atoms. The molecule has 0 aromatic rings. The average molecular weight is 226 g/mol. The van der Waals surface area contributed by atoms with Crippen molar-refractivity contribution in [1.82, 2.24) is 0 Å². The largest absolute Gasteiger partial charge is 0.378 e. The van der Waals surface area contributed by atoms with Crippen LogP contribution in [0.1, 0.15) is 65.7 Å². The zero-order chi connectivity index (χ0) is 12.0. The van der Waals surface area contributed by atoms with Gasteiger partial charge in [-0.25, -0.2) is 0 Å². The van der Waals surface area contributed by atoms with Gasteiger partial charge in [-0.2, -0.15) is 0 Å². The third kappa shape index (κ3) is 5.64. The van der Waals surface area contributed by atoms with Crippen LogP contribution in [0, 0.1) is 5.41 Å². The summed E-state index contributed by atoms with van der Waals surface area (Å²) >= 11 is 0. The monoisotopic (exact) mass is 226 g/mol. The molecule has 1 aliphatic carbocycles. The van der Waals surface area contributed by atoms with Crippen molar-refractivity contribution in [3.05, 3.63) is 0 Å². The van der Waals surface area contributed by atoms with Crippen LogP contribution in [0.4, 0.5) is 0 Å². The Hall–Kier alpha value is -0.370. The Labute approximate surface area is 99.8 Å². The zero-order valence-corrected chi connectivity index (χ0v) is 11.1. The first kappa shape index (κ1) is 13.7. The summed E-state index contributed by atoms with van der Waals surface area (Å²) in [7, 11) is 0. The number of hydrogen-bond acceptors (Lipinski definition) is 2. The molecule has 1 aliphatic rings. The Balaban J connectivity index is 2.00. The molecule has 0 atom stereocenters. The van der Waals surface area contributed by atoms with Crippen molar-refractivity contribution in [2.75, 3.05) is 6.61 Å². The van der Waals surface area contributed by atoms with Gasteiger partial charge in [0, 0.05) is 13.0 Å². The number of carbonyl (C=O) groups excluding carboxylic acids is 1. The molecule has 0 unspecified atom stereocenters. The first-order chi connectivity index (χ1) is 7.49. The summed E-state index contributed by atoms with van der Waals surface area (Å²) in [6.45, 7) is 7.18. The topological polar surface area (TPSA) is 26.3 Å². The molecule has 0 saturated heterocycles. The summed E-state index contributed by atoms with van der Waals surface area (Å²) in [4.78, 5) is 10.7. The lowest BCUT2D eigenvalue weighted by Crippen LogP contribution is -2.26. The van der Waals surface area contributed by atoms with Crippen LogP contribution in [0.15, 0.2) is 0 Å². The highest BCUT2D eigenvalue weighted by molar-refractivity contribution is 5.75. The maximum absolute atomic E-state index is 10.7. The third-order valence-electron chi connectivity index (χ3n) is 3.56. The smallest absolute Gasteiger partial charge is 0.129 e. The van der Waals surface area contributed by atoms with Crippen molar-refractivity contribution >= 4 is 5.78 Å². The van der Waals surface area contributed by atoms with Crippen LogP contribution >= 0.6 is 0 Å². The second kappa shape index (κ2) is 6.39. The predicted octanol–water partition coefficient (Wildman–Crippen LogP) is 3.73. The van der Waals surface area contributed by atoms with Crippen LogP contribution in [-0.4, -0.2) is 18.5 Å². The van der Waals surface area contributed by atoms with Crippen LogP contribution in [-0.2, 0) is 9.53 Å². The lowest BCUT2D eigenvalue weighted by molar-refractivity contribution is -0.117. The van der Waals surface area contributed by atoms with Gasteiger partial charge in [-0.1, -0.05) is 13.8 Å². The fourth-order valence-corrected chi connectivity index (χ4v) is 2.27. The highest BCUT2D eigenvalue weighted by Gasteiger charge is 2.26. The van der Waals surface area contributed by atoms with E-state index in [-0.39, 0.29) is 0 Å². The normalized spacial score (nSPS) is 20.9. The molecule has 0 bridgehead atoms. The summed E-state index contributed by atoms with van der Waals surface area (Å²) in [5, 5.41) is 0. The molecule has 1 fully saturated rings. The maximum atomic E-state index is 10.7. The first-order valence-electron chi connectivity index (χ1n) is 6.61. The highest BCUT2D eigenvalue weighted by atomic mass is 16.5. The van der Waals surface area contributed by atoms with Gasteiger partial charge in [0.15, 0.2) is 0 Å². The van der Waals surface area contributed by atoms with Crippen LogP contribution < -0.4 is 0 Å². The Bertz CT molecular complexity index is 211. The quantitative estimate of drug-likeness (QED) is 0.645. The van der Waals surface area contributed by atoms with Crippen molar-refractivity contribution in [1.29, 1.82) is 0 Å². The van der Waals surface area contributed by atoms with Crippen molar-refractivity contribution in [3.8, 4) is 0 Å². The van der Waals surface area contributed by atoms with Gasteiger partial charge in [0.1, 0.15) is 5.78 Å². The molecule has 0 aliphatic heterocycles. The van der Waals surface area contributed by atoms with Gasteiger partial charge < -0.3 is 9.53 Å². The zero-order valence-electron chi connectivity index (χ0n) is 11.1. The summed E-state index contributed by atoms with van der Waals surface area (Å²) < 4.78 is 5.85. The molecule has 0 aromatic heterocycles. The molecule has 1 saturated carbocycles. The second-order valence-electron chi connectivity index (χ2n) is 5.89. The Morgan fingerprint density at radius 2 is 1.88 bits per heavy atom. The van der Waals surface area contributed by atoms with Gasteiger partial charge in [-0.05, 0) is 50.9 Å². The SMILES string of the molecule is CC(=O)CCCCOC1CCC(C)(C)CC1. The number of rotatable bonds is 6. The number of hydrogen-bond donors (Lipinski definition) is 0. The van der Waals surface area contributed by atoms with E-state index in [9.17, 15) is 4.79 Å². The number of Topliss-reactive ketones (excluding diaryl/α,β-unsaturated/α-hetero) is 1. The summed E-state index contributed by atoms with van der Waals surface area (Å²) in [5.41, 5.74) is 0.522. The molecule has 0 N–H and O–H groups in total. The van der Waals surface area contributed by atoms with E-state index in [1.54, 1.807) is 6.92 Å². The molecular weight excluding hydrogens is 200 g/mol. The molecule has 0 amide bonds. The van der Waals surface area contributed by atoms with Gasteiger partial charge >= 0.3 is 0 Å². The molecule has 16 heavy (non-hydrogen) atoms. The van der Waals surface area contributed by atoms with E-state index < -0.39 is 0 Å². The summed E-state index contributed by atoms with van der Waals surface area (Å²) in [6, 6.07) is 0. The first-order valence-corrected chi connectivity index (χ1v) is 6.61. The number of ether oxygens (including phenoxy) is 1. The minimum atomic E-state index is 0.291.